The van der Waals surface area contributed by atoms with Gasteiger partial charge >= 0.3 is 18.9 Å². The van der Waals surface area contributed by atoms with Crippen LogP contribution in [0.5, 0.6) is 0 Å². The van der Waals surface area contributed by atoms with Crippen LogP contribution >= 0.6 is 0 Å². The Hall–Kier alpha value is -0.773. The van der Waals surface area contributed by atoms with Gasteiger partial charge in [-0.3, -0.25) is 4.98 Å². The molecule has 11 heavy (non-hydrogen) atoms. The van der Waals surface area contributed by atoms with Gasteiger partial charge in [-0.1, -0.05) is 24.3 Å². The van der Waals surface area contributed by atoms with Crippen LogP contribution in [0.4, 0.5) is 0 Å². The summed E-state index contributed by atoms with van der Waals surface area (Å²) >= 11 is 0. The predicted octanol–water partition coefficient (Wildman–Crippen LogP) is 1.59. The normalized spacial score (nSPS) is 9.09. The second-order valence-electron chi connectivity index (χ2n) is 2.22. The molecule has 0 saturated heterocycles. The van der Waals surface area contributed by atoms with Crippen molar-refractivity contribution in [3.63, 3.8) is 0 Å². The SMILES string of the molecule is [LiH].c1ccc2cnccc2c1. The topological polar surface area (TPSA) is 12.9 Å². The quantitative estimate of drug-likeness (QED) is 0.502. The maximum absolute atomic E-state index is 4.01. The van der Waals surface area contributed by atoms with Crippen molar-refractivity contribution >= 4 is 29.6 Å². The van der Waals surface area contributed by atoms with Crippen LogP contribution in [0.2, 0.25) is 0 Å². The molecule has 0 amide bonds. The summed E-state index contributed by atoms with van der Waals surface area (Å²) in [7, 11) is 0. The summed E-state index contributed by atoms with van der Waals surface area (Å²) in [6.45, 7) is 0. The first-order chi connectivity index (χ1) is 4.97. The van der Waals surface area contributed by atoms with Crippen LogP contribution in [0, 0.1) is 0 Å². The Morgan fingerprint density at radius 3 is 2.36 bits per heavy atom. The molecule has 0 fully saturated rings. The van der Waals surface area contributed by atoms with Crippen molar-refractivity contribution in [1.29, 1.82) is 0 Å². The standard InChI is InChI=1S/C9H7N.Li.H/c1-2-4-9-7-10-6-5-8(9)3-1;;/h1-7H;;. The van der Waals surface area contributed by atoms with Gasteiger partial charge in [0, 0.05) is 12.4 Å². The Labute approximate surface area is 77.6 Å². The van der Waals surface area contributed by atoms with E-state index in [1.807, 2.05) is 30.6 Å². The molecule has 0 aliphatic rings. The Morgan fingerprint density at radius 2 is 1.64 bits per heavy atom. The van der Waals surface area contributed by atoms with E-state index in [-0.39, 0.29) is 18.9 Å². The number of aromatic nitrogens is 1. The van der Waals surface area contributed by atoms with E-state index in [0.717, 1.165) is 0 Å². The molecule has 1 aromatic carbocycles. The molecule has 1 heterocycles. The van der Waals surface area contributed by atoms with Gasteiger partial charge in [0.05, 0.1) is 0 Å². The molecule has 0 unspecified atom stereocenters. The predicted molar refractivity (Wildman–Crippen MR) is 48.9 cm³/mol. The zero-order chi connectivity index (χ0) is 6.81. The van der Waals surface area contributed by atoms with Crippen LogP contribution in [0.25, 0.3) is 10.8 Å². The average molecular weight is 137 g/mol. The van der Waals surface area contributed by atoms with Crippen LogP contribution in [0.1, 0.15) is 0 Å². The molecule has 1 nitrogen and oxygen atoms in total. The minimum absolute atomic E-state index is 0. The van der Waals surface area contributed by atoms with Gasteiger partial charge in [0.2, 0.25) is 0 Å². The van der Waals surface area contributed by atoms with Crippen LogP contribution in [-0.2, 0) is 0 Å². The van der Waals surface area contributed by atoms with Crippen molar-refractivity contribution < 1.29 is 0 Å². The average Bonchev–Trinajstić information content (AvgIpc) is 2.05. The maximum Gasteiger partial charge on any atom is 0.0346 e. The second kappa shape index (κ2) is 3.57. The minimum Gasteiger partial charge on any atom is -0.264 e. The summed E-state index contributed by atoms with van der Waals surface area (Å²) in [4.78, 5) is 4.01. The van der Waals surface area contributed by atoms with Gasteiger partial charge in [0.25, 0.3) is 0 Å². The van der Waals surface area contributed by atoms with Crippen LogP contribution in [0.3, 0.4) is 0 Å². The van der Waals surface area contributed by atoms with E-state index in [1.54, 1.807) is 0 Å². The molecule has 0 bridgehead atoms. The summed E-state index contributed by atoms with van der Waals surface area (Å²) in [5, 5.41) is 2.45. The Balaban J connectivity index is 0.000000605. The maximum atomic E-state index is 4.01. The molecular weight excluding hydrogens is 129 g/mol. The van der Waals surface area contributed by atoms with Crippen LogP contribution in [0.15, 0.2) is 42.7 Å². The minimum atomic E-state index is 0. The van der Waals surface area contributed by atoms with Crippen molar-refractivity contribution in [1.82, 2.24) is 4.98 Å². The molecule has 0 aliphatic heterocycles. The monoisotopic (exact) mass is 137 g/mol. The molecule has 0 spiro atoms. The zero-order valence-electron chi connectivity index (χ0n) is 5.49. The first-order valence-electron chi connectivity index (χ1n) is 3.25. The van der Waals surface area contributed by atoms with Crippen molar-refractivity contribution in [2.24, 2.45) is 0 Å². The molecular formula is C9H8LiN. The van der Waals surface area contributed by atoms with Crippen molar-refractivity contribution in [3.05, 3.63) is 42.7 Å². The summed E-state index contributed by atoms with van der Waals surface area (Å²) < 4.78 is 0. The van der Waals surface area contributed by atoms with E-state index in [2.05, 4.69) is 17.1 Å². The fraction of sp³-hybridized carbons (Fsp3) is 0. The molecule has 2 heteroatoms. The van der Waals surface area contributed by atoms with E-state index in [9.17, 15) is 0 Å². The molecule has 50 valence electrons. The van der Waals surface area contributed by atoms with Crippen molar-refractivity contribution in [2.45, 2.75) is 0 Å². The first kappa shape index (κ1) is 8.33. The van der Waals surface area contributed by atoms with Crippen molar-refractivity contribution in [2.75, 3.05) is 0 Å². The van der Waals surface area contributed by atoms with Crippen LogP contribution < -0.4 is 0 Å². The van der Waals surface area contributed by atoms with E-state index in [0.29, 0.717) is 0 Å². The third-order valence-electron chi connectivity index (χ3n) is 1.55. The fourth-order valence-corrected chi connectivity index (χ4v) is 1.03. The molecule has 2 rings (SSSR count). The Morgan fingerprint density at radius 1 is 0.909 bits per heavy atom. The largest absolute Gasteiger partial charge is 0.264 e. The molecule has 0 aliphatic carbocycles. The van der Waals surface area contributed by atoms with Gasteiger partial charge < -0.3 is 0 Å². The summed E-state index contributed by atoms with van der Waals surface area (Å²) in [5.41, 5.74) is 0. The Kier molecular flexibility index (Phi) is 2.70. The third-order valence-corrected chi connectivity index (χ3v) is 1.55. The smallest absolute Gasteiger partial charge is 0.0346 e. The number of hydrogen-bond donors (Lipinski definition) is 0. The van der Waals surface area contributed by atoms with E-state index in [1.165, 1.54) is 10.8 Å². The molecule has 0 atom stereocenters. The number of fused-ring (bicyclic) bond motifs is 1. The summed E-state index contributed by atoms with van der Waals surface area (Å²) in [6, 6.07) is 10.2. The molecule has 0 saturated carbocycles. The fourth-order valence-electron chi connectivity index (χ4n) is 1.03. The first-order valence-corrected chi connectivity index (χ1v) is 3.25. The number of rotatable bonds is 0. The third kappa shape index (κ3) is 1.62. The van der Waals surface area contributed by atoms with Gasteiger partial charge in [0.1, 0.15) is 0 Å². The zero-order valence-corrected chi connectivity index (χ0v) is 5.49. The number of benzene rings is 1. The molecule has 1 aromatic heterocycles. The van der Waals surface area contributed by atoms with E-state index in [4.69, 9.17) is 0 Å². The number of pyridine rings is 1. The number of hydrogen-bond acceptors (Lipinski definition) is 1. The molecule has 0 radical (unpaired) electrons. The van der Waals surface area contributed by atoms with Gasteiger partial charge in [-0.2, -0.15) is 0 Å². The van der Waals surface area contributed by atoms with Gasteiger partial charge in [-0.25, -0.2) is 0 Å². The Bertz CT molecular complexity index is 281. The van der Waals surface area contributed by atoms with E-state index < -0.39 is 0 Å². The van der Waals surface area contributed by atoms with Gasteiger partial charge in [0.15, 0.2) is 0 Å². The molecule has 0 N–H and O–H groups in total. The summed E-state index contributed by atoms with van der Waals surface area (Å²) in [5.74, 6) is 0. The second-order valence-corrected chi connectivity index (χ2v) is 2.22. The van der Waals surface area contributed by atoms with E-state index >= 15 is 0 Å². The van der Waals surface area contributed by atoms with Gasteiger partial charge in [-0.15, -0.1) is 0 Å². The number of nitrogens with zero attached hydrogens (tertiary/aromatic N) is 1. The van der Waals surface area contributed by atoms with Crippen molar-refractivity contribution in [3.8, 4) is 0 Å². The molecule has 2 aromatic rings. The van der Waals surface area contributed by atoms with Crippen LogP contribution in [-0.4, -0.2) is 23.8 Å². The summed E-state index contributed by atoms with van der Waals surface area (Å²) in [6.07, 6.45) is 3.68. The van der Waals surface area contributed by atoms with Gasteiger partial charge in [-0.05, 0) is 16.8 Å².